The van der Waals surface area contributed by atoms with Crippen LogP contribution in [0.1, 0.15) is 0 Å². The zero-order valence-electron chi connectivity index (χ0n) is 12.1. The van der Waals surface area contributed by atoms with Gasteiger partial charge in [0.05, 0.1) is 7.11 Å². The molecule has 0 aliphatic carbocycles. The Morgan fingerprint density at radius 3 is 2.52 bits per heavy atom. The maximum atomic E-state index is 12.4. The highest BCUT2D eigenvalue weighted by Gasteiger charge is 2.18. The van der Waals surface area contributed by atoms with E-state index in [1.54, 1.807) is 12.1 Å². The summed E-state index contributed by atoms with van der Waals surface area (Å²) in [4.78, 5) is 11.1. The summed E-state index contributed by atoms with van der Waals surface area (Å²) in [5.41, 5.74) is -0.196. The molecule has 7 heteroatoms. The Labute approximate surface area is 132 Å². The van der Waals surface area contributed by atoms with Gasteiger partial charge < -0.3 is 13.3 Å². The molecule has 0 amide bonds. The Hall–Kier alpha value is -2.80. The van der Waals surface area contributed by atoms with Crippen molar-refractivity contribution in [3.8, 4) is 11.5 Å². The van der Waals surface area contributed by atoms with E-state index in [2.05, 4.69) is 0 Å². The Morgan fingerprint density at radius 1 is 0.957 bits per heavy atom. The van der Waals surface area contributed by atoms with Crippen molar-refractivity contribution in [2.24, 2.45) is 0 Å². The smallest absolute Gasteiger partial charge is 0.339 e. The second-order valence-electron chi connectivity index (χ2n) is 4.67. The summed E-state index contributed by atoms with van der Waals surface area (Å²) in [6, 6.07) is 13.1. The van der Waals surface area contributed by atoms with Gasteiger partial charge in [-0.1, -0.05) is 6.07 Å². The summed E-state index contributed by atoms with van der Waals surface area (Å²) >= 11 is 0. The van der Waals surface area contributed by atoms with Crippen molar-refractivity contribution in [2.45, 2.75) is 4.90 Å². The molecule has 6 nitrogen and oxygen atoms in total. The van der Waals surface area contributed by atoms with Gasteiger partial charge in [-0.05, 0) is 36.4 Å². The summed E-state index contributed by atoms with van der Waals surface area (Å²) in [6.07, 6.45) is 0. The maximum Gasteiger partial charge on any atom is 0.339 e. The highest BCUT2D eigenvalue weighted by Crippen LogP contribution is 2.24. The summed E-state index contributed by atoms with van der Waals surface area (Å²) < 4.78 is 39.8. The molecule has 0 aliphatic rings. The first-order chi connectivity index (χ1) is 11.0. The molecule has 3 aromatic rings. The van der Waals surface area contributed by atoms with E-state index in [0.717, 1.165) is 0 Å². The number of benzene rings is 2. The minimum atomic E-state index is -4.02. The van der Waals surface area contributed by atoms with Crippen LogP contribution in [-0.2, 0) is 10.1 Å². The first-order valence-corrected chi connectivity index (χ1v) is 8.01. The fraction of sp³-hybridized carbons (Fsp3) is 0.0625. The van der Waals surface area contributed by atoms with Crippen LogP contribution in [-0.4, -0.2) is 15.5 Å². The van der Waals surface area contributed by atoms with Crippen LogP contribution in [0.5, 0.6) is 11.5 Å². The van der Waals surface area contributed by atoms with Crippen LogP contribution in [0.3, 0.4) is 0 Å². The molecule has 23 heavy (non-hydrogen) atoms. The molecule has 0 atom stereocenters. The van der Waals surface area contributed by atoms with Crippen LogP contribution < -0.4 is 14.5 Å². The zero-order chi connectivity index (χ0) is 16.4. The number of ether oxygens (including phenoxy) is 1. The second-order valence-corrected chi connectivity index (χ2v) is 6.22. The molecule has 1 heterocycles. The summed E-state index contributed by atoms with van der Waals surface area (Å²) in [7, 11) is -2.54. The summed E-state index contributed by atoms with van der Waals surface area (Å²) in [5, 5.41) is 0.486. The van der Waals surface area contributed by atoms with Crippen LogP contribution >= 0.6 is 0 Å². The molecule has 1 aromatic heterocycles. The van der Waals surface area contributed by atoms with Crippen molar-refractivity contribution in [2.75, 3.05) is 7.11 Å². The third-order valence-electron chi connectivity index (χ3n) is 3.13. The Bertz CT molecular complexity index is 1020. The van der Waals surface area contributed by atoms with Crippen LogP contribution in [0.25, 0.3) is 11.0 Å². The molecule has 0 fully saturated rings. The predicted molar refractivity (Wildman–Crippen MR) is 83.3 cm³/mol. The number of hydrogen-bond acceptors (Lipinski definition) is 6. The van der Waals surface area contributed by atoms with Crippen molar-refractivity contribution in [1.29, 1.82) is 0 Å². The van der Waals surface area contributed by atoms with Gasteiger partial charge in [-0.25, -0.2) is 4.79 Å². The van der Waals surface area contributed by atoms with E-state index in [0.29, 0.717) is 16.7 Å². The van der Waals surface area contributed by atoms with Gasteiger partial charge in [-0.15, -0.1) is 0 Å². The molecule has 0 spiro atoms. The Kier molecular flexibility index (Phi) is 3.79. The van der Waals surface area contributed by atoms with Gasteiger partial charge in [0.1, 0.15) is 22.0 Å². The van der Waals surface area contributed by atoms with Crippen molar-refractivity contribution in [1.82, 2.24) is 0 Å². The third-order valence-corrected chi connectivity index (χ3v) is 4.37. The van der Waals surface area contributed by atoms with Gasteiger partial charge in [-0.3, -0.25) is 0 Å². The average molecular weight is 332 g/mol. The quantitative estimate of drug-likeness (QED) is 0.539. The SMILES string of the molecule is COc1cccc(OS(=O)(=O)c2ccc3oc(=O)ccc3c2)c1. The van der Waals surface area contributed by atoms with Crippen LogP contribution in [0, 0.1) is 0 Å². The van der Waals surface area contributed by atoms with Gasteiger partial charge in [0.15, 0.2) is 0 Å². The van der Waals surface area contributed by atoms with Gasteiger partial charge >= 0.3 is 15.7 Å². The largest absolute Gasteiger partial charge is 0.497 e. The van der Waals surface area contributed by atoms with Crippen LogP contribution in [0.2, 0.25) is 0 Å². The molecule has 0 saturated carbocycles. The fourth-order valence-corrected chi connectivity index (χ4v) is 2.99. The molecule has 0 bridgehead atoms. The lowest BCUT2D eigenvalue weighted by Gasteiger charge is -2.08. The molecule has 0 N–H and O–H groups in total. The lowest BCUT2D eigenvalue weighted by atomic mass is 10.2. The van der Waals surface area contributed by atoms with Crippen LogP contribution in [0.4, 0.5) is 0 Å². The molecule has 0 aliphatic heterocycles. The van der Waals surface area contributed by atoms with E-state index in [-0.39, 0.29) is 10.6 Å². The van der Waals surface area contributed by atoms with Gasteiger partial charge in [0.2, 0.25) is 0 Å². The first kappa shape index (κ1) is 15.1. The maximum absolute atomic E-state index is 12.4. The zero-order valence-corrected chi connectivity index (χ0v) is 12.9. The molecule has 0 saturated heterocycles. The van der Waals surface area contributed by atoms with Crippen molar-refractivity contribution >= 4 is 21.1 Å². The molecule has 0 unspecified atom stereocenters. The normalized spacial score (nSPS) is 11.3. The molecule has 2 aromatic carbocycles. The number of rotatable bonds is 4. The van der Waals surface area contributed by atoms with Crippen molar-refractivity contribution in [3.63, 3.8) is 0 Å². The van der Waals surface area contributed by atoms with Gasteiger partial charge in [0.25, 0.3) is 0 Å². The van der Waals surface area contributed by atoms with Gasteiger partial charge in [-0.2, -0.15) is 8.42 Å². The van der Waals surface area contributed by atoms with Crippen molar-refractivity contribution < 1.29 is 21.8 Å². The molecular formula is C16H12O6S. The minimum Gasteiger partial charge on any atom is -0.497 e. The lowest BCUT2D eigenvalue weighted by molar-refractivity contribution is 0.411. The molecule has 118 valence electrons. The van der Waals surface area contributed by atoms with Gasteiger partial charge in [0, 0.05) is 17.5 Å². The molecular weight excluding hydrogens is 320 g/mol. The fourth-order valence-electron chi connectivity index (χ4n) is 2.03. The standard InChI is InChI=1S/C16H12O6S/c1-20-12-3-2-4-13(10-12)22-23(18,19)14-6-7-15-11(9-14)5-8-16(17)21-15/h2-10H,1H3. The number of hydrogen-bond donors (Lipinski definition) is 0. The van der Waals surface area contributed by atoms with E-state index >= 15 is 0 Å². The topological polar surface area (TPSA) is 82.8 Å². The number of fused-ring (bicyclic) bond motifs is 1. The highest BCUT2D eigenvalue weighted by molar-refractivity contribution is 7.87. The van der Waals surface area contributed by atoms with E-state index in [4.69, 9.17) is 13.3 Å². The second kappa shape index (κ2) is 5.77. The Balaban J connectivity index is 1.98. The lowest BCUT2D eigenvalue weighted by Crippen LogP contribution is -2.09. The van der Waals surface area contributed by atoms with E-state index in [9.17, 15) is 13.2 Å². The predicted octanol–water partition coefficient (Wildman–Crippen LogP) is 2.57. The van der Waals surface area contributed by atoms with E-state index in [1.165, 1.54) is 49.6 Å². The monoisotopic (exact) mass is 332 g/mol. The molecule has 3 rings (SSSR count). The highest BCUT2D eigenvalue weighted by atomic mass is 32.2. The molecule has 0 radical (unpaired) electrons. The van der Waals surface area contributed by atoms with E-state index < -0.39 is 15.7 Å². The third kappa shape index (κ3) is 3.19. The van der Waals surface area contributed by atoms with Crippen LogP contribution in [0.15, 0.2) is 68.7 Å². The Morgan fingerprint density at radius 2 is 1.74 bits per heavy atom. The van der Waals surface area contributed by atoms with Crippen molar-refractivity contribution in [3.05, 3.63) is 65.0 Å². The first-order valence-electron chi connectivity index (χ1n) is 6.60. The minimum absolute atomic E-state index is 0.0401. The van der Waals surface area contributed by atoms with E-state index in [1.807, 2.05) is 0 Å². The number of methoxy groups -OCH3 is 1. The summed E-state index contributed by atoms with van der Waals surface area (Å²) in [5.74, 6) is 0.627. The summed E-state index contributed by atoms with van der Waals surface area (Å²) in [6.45, 7) is 0. The average Bonchev–Trinajstić information content (AvgIpc) is 2.54.